The predicted molar refractivity (Wildman–Crippen MR) is 72.1 cm³/mol. The van der Waals surface area contributed by atoms with Gasteiger partial charge in [0.1, 0.15) is 0 Å². The Morgan fingerprint density at radius 3 is 2.12 bits per heavy atom. The van der Waals surface area contributed by atoms with Crippen LogP contribution in [0.4, 0.5) is 5.69 Å². The quantitative estimate of drug-likeness (QED) is 0.596. The van der Waals surface area contributed by atoms with E-state index in [1.807, 2.05) is 13.8 Å². The van der Waals surface area contributed by atoms with Crippen molar-refractivity contribution in [1.82, 2.24) is 5.32 Å². The van der Waals surface area contributed by atoms with Crippen molar-refractivity contribution < 1.29 is 9.59 Å². The van der Waals surface area contributed by atoms with Crippen LogP contribution in [0, 0.1) is 0 Å². The molecule has 0 spiro atoms. The van der Waals surface area contributed by atoms with Gasteiger partial charge in [0.05, 0.1) is 21.3 Å². The molecule has 0 unspecified atom stereocenters. The van der Waals surface area contributed by atoms with Crippen LogP contribution in [0.5, 0.6) is 0 Å². The molecule has 0 aliphatic carbocycles. The number of benzene rings is 1. The number of amides is 2. The highest BCUT2D eigenvalue weighted by Crippen LogP contribution is 2.42. The number of nitrogens with two attached hydrogens (primary N) is 1. The van der Waals surface area contributed by atoms with Crippen molar-refractivity contribution >= 4 is 49.4 Å². The Labute approximate surface area is 115 Å². The van der Waals surface area contributed by atoms with E-state index in [0.717, 1.165) is 5.56 Å². The minimum Gasteiger partial charge on any atom is -0.397 e. The second-order valence-electron chi connectivity index (χ2n) is 4.14. The van der Waals surface area contributed by atoms with Gasteiger partial charge in [-0.25, -0.2) is 0 Å². The molecule has 1 aliphatic rings. The van der Waals surface area contributed by atoms with Crippen LogP contribution < -0.4 is 11.1 Å². The summed E-state index contributed by atoms with van der Waals surface area (Å²) in [6.07, 6.45) is 0. The number of nitrogen functional groups attached to an aromatic ring is 1. The van der Waals surface area contributed by atoms with Crippen molar-refractivity contribution in [2.45, 2.75) is 19.8 Å². The molecule has 0 saturated heterocycles. The van der Waals surface area contributed by atoms with Gasteiger partial charge < -0.3 is 5.73 Å². The van der Waals surface area contributed by atoms with Crippen molar-refractivity contribution in [2.24, 2.45) is 0 Å². The molecule has 1 aliphatic heterocycles. The predicted octanol–water partition coefficient (Wildman–Crippen LogP) is 2.80. The zero-order valence-electron chi connectivity index (χ0n) is 9.23. The highest BCUT2D eigenvalue weighted by molar-refractivity contribution is 9.11. The summed E-state index contributed by atoms with van der Waals surface area (Å²) < 4.78 is 1.13. The molecule has 0 bridgehead atoms. The van der Waals surface area contributed by atoms with Crippen LogP contribution in [0.25, 0.3) is 0 Å². The van der Waals surface area contributed by atoms with Crippen LogP contribution in [0.3, 0.4) is 0 Å². The monoisotopic (exact) mass is 360 g/mol. The standard InChI is InChI=1S/C11H10Br2N2O2/c1-3(2)4-5-6(11(17)15-10(5)16)8(13)9(14)7(4)12/h3H,14H2,1-2H3,(H,15,16,17). The fourth-order valence-corrected chi connectivity index (χ4v) is 3.65. The van der Waals surface area contributed by atoms with Crippen LogP contribution in [-0.4, -0.2) is 11.8 Å². The summed E-state index contributed by atoms with van der Waals surface area (Å²) in [6, 6.07) is 0. The summed E-state index contributed by atoms with van der Waals surface area (Å²) in [6.45, 7) is 3.90. The third kappa shape index (κ3) is 1.70. The van der Waals surface area contributed by atoms with Crippen molar-refractivity contribution in [1.29, 1.82) is 0 Å². The summed E-state index contributed by atoms with van der Waals surface area (Å²) >= 11 is 6.65. The van der Waals surface area contributed by atoms with Crippen LogP contribution in [0.1, 0.15) is 46.0 Å². The number of anilines is 1. The molecule has 4 nitrogen and oxygen atoms in total. The number of carbonyl (C=O) groups excluding carboxylic acids is 2. The summed E-state index contributed by atoms with van der Waals surface area (Å²) in [7, 11) is 0. The van der Waals surface area contributed by atoms with Crippen molar-refractivity contribution in [3.05, 3.63) is 25.6 Å². The Kier molecular flexibility index (Phi) is 3.03. The second-order valence-corrected chi connectivity index (χ2v) is 5.73. The molecule has 6 heteroatoms. The van der Waals surface area contributed by atoms with Gasteiger partial charge in [0.2, 0.25) is 0 Å². The maximum Gasteiger partial charge on any atom is 0.260 e. The van der Waals surface area contributed by atoms with Gasteiger partial charge in [-0.2, -0.15) is 0 Å². The number of rotatable bonds is 1. The van der Waals surface area contributed by atoms with Crippen LogP contribution in [0.2, 0.25) is 0 Å². The second kappa shape index (κ2) is 4.10. The lowest BCUT2D eigenvalue weighted by molar-refractivity contribution is 0.0879. The van der Waals surface area contributed by atoms with Crippen LogP contribution in [0.15, 0.2) is 8.95 Å². The topological polar surface area (TPSA) is 72.2 Å². The van der Waals surface area contributed by atoms with E-state index in [9.17, 15) is 9.59 Å². The zero-order chi connectivity index (χ0) is 12.9. The number of halogens is 2. The highest BCUT2D eigenvalue weighted by Gasteiger charge is 2.35. The first-order valence-electron chi connectivity index (χ1n) is 5.02. The number of nitrogens with one attached hydrogen (secondary N) is 1. The van der Waals surface area contributed by atoms with Crippen LogP contribution in [-0.2, 0) is 0 Å². The van der Waals surface area contributed by atoms with Gasteiger partial charge in [-0.15, -0.1) is 0 Å². The molecule has 2 rings (SSSR count). The normalized spacial score (nSPS) is 14.2. The average Bonchev–Trinajstić information content (AvgIpc) is 2.51. The Hall–Kier alpha value is -0.880. The highest BCUT2D eigenvalue weighted by atomic mass is 79.9. The molecule has 1 heterocycles. The molecule has 90 valence electrons. The molecular weight excluding hydrogens is 352 g/mol. The molecule has 1 aromatic rings. The Bertz CT molecular complexity index is 553. The molecule has 0 saturated carbocycles. The molecule has 0 fully saturated rings. The molecule has 1 aromatic carbocycles. The van der Waals surface area contributed by atoms with E-state index in [4.69, 9.17) is 5.73 Å². The summed E-state index contributed by atoms with van der Waals surface area (Å²) in [4.78, 5) is 23.5. The van der Waals surface area contributed by atoms with E-state index in [0.29, 0.717) is 25.8 Å². The van der Waals surface area contributed by atoms with Gasteiger partial charge in [0, 0.05) is 4.47 Å². The maximum absolute atomic E-state index is 11.8. The summed E-state index contributed by atoms with van der Waals surface area (Å²) in [5, 5.41) is 2.29. The van der Waals surface area contributed by atoms with Crippen LogP contribution >= 0.6 is 31.9 Å². The first kappa shape index (κ1) is 12.6. The third-order valence-corrected chi connectivity index (χ3v) is 4.38. The van der Waals surface area contributed by atoms with E-state index in [2.05, 4.69) is 37.2 Å². The smallest absolute Gasteiger partial charge is 0.260 e. The fourth-order valence-electron chi connectivity index (χ4n) is 1.95. The average molecular weight is 362 g/mol. The SMILES string of the molecule is CC(C)c1c(Br)c(N)c(Br)c2c1C(=O)NC2=O. The Morgan fingerprint density at radius 2 is 1.59 bits per heavy atom. The molecule has 0 atom stereocenters. The first-order valence-corrected chi connectivity index (χ1v) is 6.60. The van der Waals surface area contributed by atoms with Gasteiger partial charge in [-0.05, 0) is 43.3 Å². The van der Waals surface area contributed by atoms with E-state index < -0.39 is 5.91 Å². The molecule has 17 heavy (non-hydrogen) atoms. The van der Waals surface area contributed by atoms with Gasteiger partial charge in [-0.1, -0.05) is 13.8 Å². The molecule has 2 amide bonds. The number of carbonyl (C=O) groups is 2. The lowest BCUT2D eigenvalue weighted by Gasteiger charge is -2.16. The molecule has 0 aromatic heterocycles. The number of hydrogen-bond acceptors (Lipinski definition) is 3. The largest absolute Gasteiger partial charge is 0.397 e. The van der Waals surface area contributed by atoms with Crippen molar-refractivity contribution in [3.63, 3.8) is 0 Å². The van der Waals surface area contributed by atoms with Crippen molar-refractivity contribution in [3.8, 4) is 0 Å². The molecule has 3 N–H and O–H groups in total. The Balaban J connectivity index is 2.92. The van der Waals surface area contributed by atoms with Crippen molar-refractivity contribution in [2.75, 3.05) is 5.73 Å². The van der Waals surface area contributed by atoms with E-state index in [1.165, 1.54) is 0 Å². The lowest BCUT2D eigenvalue weighted by Crippen LogP contribution is -2.20. The first-order chi connectivity index (χ1) is 7.86. The fraction of sp³-hybridized carbons (Fsp3) is 0.273. The number of imide groups is 1. The van der Waals surface area contributed by atoms with E-state index in [1.54, 1.807) is 0 Å². The maximum atomic E-state index is 11.8. The number of fused-ring (bicyclic) bond motifs is 1. The van der Waals surface area contributed by atoms with Gasteiger partial charge in [0.15, 0.2) is 0 Å². The summed E-state index contributed by atoms with van der Waals surface area (Å²) in [5.41, 5.74) is 7.87. The minimum atomic E-state index is -0.405. The van der Waals surface area contributed by atoms with Gasteiger partial charge in [-0.3, -0.25) is 14.9 Å². The zero-order valence-corrected chi connectivity index (χ0v) is 12.4. The third-order valence-electron chi connectivity index (χ3n) is 2.71. The number of hydrogen-bond donors (Lipinski definition) is 2. The Morgan fingerprint density at radius 1 is 1.06 bits per heavy atom. The van der Waals surface area contributed by atoms with Gasteiger partial charge in [0.25, 0.3) is 11.8 Å². The molecule has 0 radical (unpaired) electrons. The van der Waals surface area contributed by atoms with Gasteiger partial charge >= 0.3 is 0 Å². The molecular formula is C11H10Br2N2O2. The summed E-state index contributed by atoms with van der Waals surface area (Å²) in [5.74, 6) is -0.682. The van der Waals surface area contributed by atoms with E-state index in [-0.39, 0.29) is 11.8 Å². The van der Waals surface area contributed by atoms with E-state index >= 15 is 0 Å². The minimum absolute atomic E-state index is 0.0881. The lowest BCUT2D eigenvalue weighted by atomic mass is 9.93.